The molecule has 2 N–H and O–H groups in total. The normalized spacial score (nSPS) is 14.0. The van der Waals surface area contributed by atoms with Gasteiger partial charge in [-0.05, 0) is 26.2 Å². The number of aliphatic hydroxyl groups is 1. The van der Waals surface area contributed by atoms with Crippen LogP contribution in [0.3, 0.4) is 0 Å². The smallest absolute Gasteiger partial charge is 0.259 e. The third kappa shape index (κ3) is 4.29. The molecule has 0 aliphatic carbocycles. The number of sulfonamides is 1. The van der Waals surface area contributed by atoms with Gasteiger partial charge in [-0.1, -0.05) is 13.8 Å². The summed E-state index contributed by atoms with van der Waals surface area (Å²) in [5, 5.41) is 9.25. The summed E-state index contributed by atoms with van der Waals surface area (Å²) in [5.74, 6) is 0.960. The summed E-state index contributed by atoms with van der Waals surface area (Å²) < 4.78 is 28.6. The monoisotopic (exact) mass is 289 g/mol. The van der Waals surface area contributed by atoms with Crippen LogP contribution in [-0.2, 0) is 16.6 Å². The number of imidazole rings is 1. The second-order valence-corrected chi connectivity index (χ2v) is 6.70. The molecule has 0 saturated carbocycles. The largest absolute Gasteiger partial charge is 0.395 e. The molecule has 6 nitrogen and oxygen atoms in total. The molecular weight excluding hydrogens is 266 g/mol. The molecule has 1 unspecified atom stereocenters. The molecule has 1 rings (SSSR count). The first-order valence-electron chi connectivity index (χ1n) is 6.47. The molecule has 0 aliphatic rings. The summed E-state index contributed by atoms with van der Waals surface area (Å²) in [6, 6.07) is -0.475. The molecule has 1 heterocycles. The van der Waals surface area contributed by atoms with Gasteiger partial charge < -0.3 is 9.67 Å². The van der Waals surface area contributed by atoms with E-state index in [0.717, 1.165) is 0 Å². The van der Waals surface area contributed by atoms with Gasteiger partial charge in [-0.25, -0.2) is 18.1 Å². The van der Waals surface area contributed by atoms with Gasteiger partial charge in [0.15, 0.2) is 5.03 Å². The van der Waals surface area contributed by atoms with Crippen molar-refractivity contribution in [1.29, 1.82) is 0 Å². The van der Waals surface area contributed by atoms with Gasteiger partial charge in [-0.3, -0.25) is 0 Å². The van der Waals surface area contributed by atoms with E-state index in [1.807, 2.05) is 20.8 Å². The van der Waals surface area contributed by atoms with Crippen LogP contribution in [0.1, 0.15) is 33.0 Å². The number of rotatable bonds is 7. The van der Waals surface area contributed by atoms with Crippen molar-refractivity contribution in [2.24, 2.45) is 5.92 Å². The Morgan fingerprint density at radius 3 is 2.53 bits per heavy atom. The quantitative estimate of drug-likeness (QED) is 0.781. The van der Waals surface area contributed by atoms with Crippen LogP contribution in [0.15, 0.2) is 11.2 Å². The van der Waals surface area contributed by atoms with Crippen LogP contribution in [0.4, 0.5) is 0 Å². The van der Waals surface area contributed by atoms with E-state index < -0.39 is 16.1 Å². The van der Waals surface area contributed by atoms with Crippen molar-refractivity contribution in [3.05, 3.63) is 12.0 Å². The van der Waals surface area contributed by atoms with Crippen molar-refractivity contribution in [2.75, 3.05) is 6.61 Å². The van der Waals surface area contributed by atoms with E-state index in [-0.39, 0.29) is 11.6 Å². The summed E-state index contributed by atoms with van der Waals surface area (Å²) in [5.41, 5.74) is 0. The molecule has 1 aromatic heterocycles. The van der Waals surface area contributed by atoms with E-state index in [1.54, 1.807) is 11.5 Å². The minimum absolute atomic E-state index is 0.00839. The minimum atomic E-state index is -3.67. The summed E-state index contributed by atoms with van der Waals surface area (Å²) in [6.07, 6.45) is 2.10. The summed E-state index contributed by atoms with van der Waals surface area (Å²) in [6.45, 7) is 8.10. The number of nitrogens with zero attached hydrogens (tertiary/aromatic N) is 2. The Kier molecular flexibility index (Phi) is 5.51. The Labute approximate surface area is 114 Å². The second-order valence-electron chi connectivity index (χ2n) is 5.04. The van der Waals surface area contributed by atoms with Crippen LogP contribution in [0, 0.1) is 12.8 Å². The first kappa shape index (κ1) is 16.1. The maximum Gasteiger partial charge on any atom is 0.259 e. The first-order chi connectivity index (χ1) is 8.80. The van der Waals surface area contributed by atoms with Crippen molar-refractivity contribution in [3.8, 4) is 0 Å². The first-order valence-corrected chi connectivity index (χ1v) is 7.95. The Morgan fingerprint density at radius 2 is 2.11 bits per heavy atom. The SMILES string of the molecule is CCn1cc(S(=O)(=O)NC(CO)CC(C)C)nc1C. The van der Waals surface area contributed by atoms with Crippen LogP contribution in [0.2, 0.25) is 0 Å². The van der Waals surface area contributed by atoms with Crippen molar-refractivity contribution in [2.45, 2.75) is 51.7 Å². The highest BCUT2D eigenvalue weighted by Gasteiger charge is 2.23. The number of hydrogen-bond acceptors (Lipinski definition) is 4. The summed E-state index contributed by atoms with van der Waals surface area (Å²) in [4.78, 5) is 4.05. The predicted molar refractivity (Wildman–Crippen MR) is 73.3 cm³/mol. The zero-order valence-corrected chi connectivity index (χ0v) is 12.7. The zero-order chi connectivity index (χ0) is 14.6. The fourth-order valence-electron chi connectivity index (χ4n) is 1.94. The molecule has 0 aliphatic heterocycles. The molecule has 0 radical (unpaired) electrons. The van der Waals surface area contributed by atoms with Crippen molar-refractivity contribution in [3.63, 3.8) is 0 Å². The lowest BCUT2D eigenvalue weighted by atomic mass is 10.1. The topological polar surface area (TPSA) is 84.2 Å². The molecule has 0 fully saturated rings. The van der Waals surface area contributed by atoms with E-state index in [9.17, 15) is 13.5 Å². The molecule has 0 spiro atoms. The molecule has 1 aromatic rings. The van der Waals surface area contributed by atoms with Crippen LogP contribution in [0.25, 0.3) is 0 Å². The van der Waals surface area contributed by atoms with Crippen LogP contribution in [0.5, 0.6) is 0 Å². The number of hydrogen-bond donors (Lipinski definition) is 2. The van der Waals surface area contributed by atoms with Crippen LogP contribution >= 0.6 is 0 Å². The van der Waals surface area contributed by atoms with Crippen molar-refractivity contribution < 1.29 is 13.5 Å². The molecule has 0 amide bonds. The minimum Gasteiger partial charge on any atom is -0.395 e. The second kappa shape index (κ2) is 6.49. The van der Waals surface area contributed by atoms with E-state index >= 15 is 0 Å². The maximum atomic E-state index is 12.2. The molecule has 0 aromatic carbocycles. The van der Waals surface area contributed by atoms with Gasteiger partial charge in [-0.2, -0.15) is 0 Å². The maximum absolute atomic E-state index is 12.2. The number of nitrogens with one attached hydrogen (secondary N) is 1. The lowest BCUT2D eigenvalue weighted by Gasteiger charge is -2.17. The number of aromatic nitrogens is 2. The number of aliphatic hydroxyl groups excluding tert-OH is 1. The highest BCUT2D eigenvalue weighted by atomic mass is 32.2. The van der Waals surface area contributed by atoms with Gasteiger partial charge in [0.2, 0.25) is 0 Å². The van der Waals surface area contributed by atoms with Gasteiger partial charge in [0.25, 0.3) is 10.0 Å². The van der Waals surface area contributed by atoms with E-state index in [1.165, 1.54) is 6.20 Å². The van der Waals surface area contributed by atoms with Gasteiger partial charge >= 0.3 is 0 Å². The van der Waals surface area contributed by atoms with Crippen LogP contribution in [-0.4, -0.2) is 35.7 Å². The summed E-state index contributed by atoms with van der Waals surface area (Å²) >= 11 is 0. The third-order valence-corrected chi connectivity index (χ3v) is 4.26. The molecule has 0 bridgehead atoms. The van der Waals surface area contributed by atoms with Crippen molar-refractivity contribution in [1.82, 2.24) is 14.3 Å². The molecule has 19 heavy (non-hydrogen) atoms. The molecular formula is C12H23N3O3S. The zero-order valence-electron chi connectivity index (χ0n) is 11.9. The highest BCUT2D eigenvalue weighted by molar-refractivity contribution is 7.89. The Hall–Kier alpha value is -0.920. The van der Waals surface area contributed by atoms with Gasteiger partial charge in [-0.15, -0.1) is 0 Å². The molecule has 1 atom stereocenters. The lowest BCUT2D eigenvalue weighted by Crippen LogP contribution is -2.38. The summed E-state index contributed by atoms with van der Waals surface area (Å²) in [7, 11) is -3.67. The van der Waals surface area contributed by atoms with Gasteiger partial charge in [0, 0.05) is 18.8 Å². The third-order valence-electron chi connectivity index (χ3n) is 2.87. The van der Waals surface area contributed by atoms with Gasteiger partial charge in [0.05, 0.1) is 6.61 Å². The Morgan fingerprint density at radius 1 is 1.47 bits per heavy atom. The van der Waals surface area contributed by atoms with E-state index in [2.05, 4.69) is 9.71 Å². The van der Waals surface area contributed by atoms with E-state index in [4.69, 9.17) is 0 Å². The standard InChI is InChI=1S/C12H23N3O3S/c1-5-15-7-12(13-10(15)4)19(17,18)14-11(8-16)6-9(2)3/h7,9,11,14,16H,5-6,8H2,1-4H3. The van der Waals surface area contributed by atoms with E-state index in [0.29, 0.717) is 24.7 Å². The fraction of sp³-hybridized carbons (Fsp3) is 0.750. The Balaban J connectivity index is 2.90. The molecule has 7 heteroatoms. The van der Waals surface area contributed by atoms with Crippen LogP contribution < -0.4 is 4.72 Å². The van der Waals surface area contributed by atoms with Crippen molar-refractivity contribution >= 4 is 10.0 Å². The Bertz CT molecular complexity index is 508. The van der Waals surface area contributed by atoms with Gasteiger partial charge in [0.1, 0.15) is 5.82 Å². The number of aryl methyl sites for hydroxylation is 2. The average molecular weight is 289 g/mol. The molecule has 0 saturated heterocycles. The predicted octanol–water partition coefficient (Wildman–Crippen LogP) is 0.897. The lowest BCUT2D eigenvalue weighted by molar-refractivity contribution is 0.240. The average Bonchev–Trinajstić information content (AvgIpc) is 2.69. The molecule has 110 valence electrons. The fourth-order valence-corrected chi connectivity index (χ4v) is 3.19. The highest BCUT2D eigenvalue weighted by Crippen LogP contribution is 2.12.